The van der Waals surface area contributed by atoms with Crippen LogP contribution in [0.1, 0.15) is 53.1 Å². The molecule has 0 spiro atoms. The maximum Gasteiger partial charge on any atom is 0.101 e. The van der Waals surface area contributed by atoms with E-state index in [-0.39, 0.29) is 11.3 Å². The van der Waals surface area contributed by atoms with Crippen molar-refractivity contribution in [2.45, 2.75) is 25.2 Å². The number of rotatable bonds is 4. The van der Waals surface area contributed by atoms with E-state index in [1.807, 2.05) is 12.1 Å². The molecule has 0 fully saturated rings. The number of nitrogens with zero attached hydrogens (tertiary/aromatic N) is 2. The predicted molar refractivity (Wildman–Crippen MR) is 202 cm³/mol. The Morgan fingerprint density at radius 1 is 0.510 bits per heavy atom. The molecule has 0 saturated heterocycles. The molecule has 0 saturated carbocycles. The van der Waals surface area contributed by atoms with Crippen molar-refractivity contribution in [1.82, 2.24) is 4.57 Å². The average Bonchev–Trinajstić information content (AvgIpc) is 3.49. The van der Waals surface area contributed by atoms with Crippen LogP contribution in [0.4, 0.5) is 0 Å². The number of nitriles is 1. The monoisotopic (exact) mass is 626 g/mol. The largest absolute Gasteiger partial charge is 0.307 e. The molecule has 2 nitrogen and oxygen atoms in total. The van der Waals surface area contributed by atoms with E-state index < -0.39 is 0 Å². The molecule has 0 N–H and O–H groups in total. The summed E-state index contributed by atoms with van der Waals surface area (Å²) in [6, 6.07) is 61.2. The molecule has 0 radical (unpaired) electrons. The summed E-state index contributed by atoms with van der Waals surface area (Å²) in [5.74, 6) is 0.0759. The Morgan fingerprint density at radius 3 is 1.76 bits per heavy atom. The maximum atomic E-state index is 10.6. The summed E-state index contributed by atoms with van der Waals surface area (Å²) in [5.41, 5.74) is 14.8. The Hall–Kier alpha value is -6.17. The van der Waals surface area contributed by atoms with E-state index >= 15 is 0 Å². The summed E-state index contributed by atoms with van der Waals surface area (Å²) in [7, 11) is 0. The third-order valence-electron chi connectivity index (χ3n) is 10.6. The van der Waals surface area contributed by atoms with Gasteiger partial charge in [-0.3, -0.25) is 0 Å². The zero-order valence-corrected chi connectivity index (χ0v) is 27.6. The summed E-state index contributed by atoms with van der Waals surface area (Å²) in [6.45, 7) is 4.72. The van der Waals surface area contributed by atoms with Crippen molar-refractivity contribution in [2.75, 3.05) is 0 Å². The summed E-state index contributed by atoms with van der Waals surface area (Å²) in [5, 5.41) is 13.0. The van der Waals surface area contributed by atoms with Crippen LogP contribution in [0.3, 0.4) is 0 Å². The van der Waals surface area contributed by atoms with Gasteiger partial charge in [0.25, 0.3) is 0 Å². The van der Waals surface area contributed by atoms with Gasteiger partial charge in [0, 0.05) is 27.7 Å². The van der Waals surface area contributed by atoms with Crippen molar-refractivity contribution in [1.29, 1.82) is 5.26 Å². The minimum Gasteiger partial charge on any atom is -0.307 e. The molecule has 1 unspecified atom stereocenters. The second kappa shape index (κ2) is 11.2. The average molecular weight is 627 g/mol. The zero-order valence-electron chi connectivity index (χ0n) is 27.6. The van der Waals surface area contributed by atoms with E-state index in [1.54, 1.807) is 0 Å². The smallest absolute Gasteiger partial charge is 0.101 e. The first-order chi connectivity index (χ1) is 24.1. The first-order valence-electron chi connectivity index (χ1n) is 17.0. The van der Waals surface area contributed by atoms with Crippen molar-refractivity contribution in [3.8, 4) is 34.0 Å². The molecule has 7 aromatic carbocycles. The molecule has 1 heterocycles. The van der Waals surface area contributed by atoms with Crippen LogP contribution in [0, 0.1) is 11.3 Å². The van der Waals surface area contributed by atoms with Gasteiger partial charge >= 0.3 is 0 Å². The second-order valence-corrected chi connectivity index (χ2v) is 13.6. The highest BCUT2D eigenvalue weighted by molar-refractivity contribution is 6.10. The Balaban J connectivity index is 1.36. The van der Waals surface area contributed by atoms with Crippen LogP contribution < -0.4 is 0 Å². The number of hydrogen-bond donors (Lipinski definition) is 0. The number of hydrogen-bond acceptors (Lipinski definition) is 1. The lowest BCUT2D eigenvalue weighted by Crippen LogP contribution is -2.30. The van der Waals surface area contributed by atoms with Crippen LogP contribution in [0.25, 0.3) is 49.7 Å². The van der Waals surface area contributed by atoms with E-state index in [2.05, 4.69) is 176 Å². The standard InChI is InChI=1S/C47H34N2/c1-47(2)40-26-11-8-23-39(40)44(31-16-4-3-5-17-31)45-37(24-15-27-41(45)47)33-19-6-7-20-34(33)38-25-14-18-32(30-48)46(38)49-42-28-12-9-21-35(42)36-22-10-13-29-43(36)49/h3-29,44H,1-2H3. The quantitative estimate of drug-likeness (QED) is 0.191. The van der Waals surface area contributed by atoms with Crippen molar-refractivity contribution in [3.63, 3.8) is 0 Å². The van der Waals surface area contributed by atoms with Crippen LogP contribution in [0.5, 0.6) is 0 Å². The predicted octanol–water partition coefficient (Wildman–Crippen LogP) is 11.8. The van der Waals surface area contributed by atoms with Gasteiger partial charge in [-0.2, -0.15) is 5.26 Å². The number of para-hydroxylation sites is 3. The molecule has 0 aliphatic heterocycles. The lowest BCUT2D eigenvalue weighted by atomic mass is 9.62. The Kier molecular flexibility index (Phi) is 6.64. The van der Waals surface area contributed by atoms with Gasteiger partial charge in [-0.15, -0.1) is 0 Å². The molecular formula is C47H34N2. The van der Waals surface area contributed by atoms with Crippen LogP contribution in [-0.2, 0) is 5.41 Å². The van der Waals surface area contributed by atoms with Crippen LogP contribution in [-0.4, -0.2) is 4.57 Å². The Labute approximate surface area is 287 Å². The molecule has 232 valence electrons. The van der Waals surface area contributed by atoms with E-state index in [1.165, 1.54) is 44.2 Å². The fourth-order valence-electron chi connectivity index (χ4n) is 8.47. The van der Waals surface area contributed by atoms with Gasteiger partial charge in [-0.05, 0) is 62.7 Å². The van der Waals surface area contributed by atoms with Crippen molar-refractivity contribution in [3.05, 3.63) is 197 Å². The highest BCUT2D eigenvalue weighted by Crippen LogP contribution is 2.53. The van der Waals surface area contributed by atoms with Gasteiger partial charge in [0.05, 0.1) is 22.3 Å². The van der Waals surface area contributed by atoms with E-state index in [0.29, 0.717) is 5.56 Å². The molecule has 8 aromatic rings. The second-order valence-electron chi connectivity index (χ2n) is 13.6. The van der Waals surface area contributed by atoms with Gasteiger partial charge < -0.3 is 4.57 Å². The van der Waals surface area contributed by atoms with Gasteiger partial charge in [-0.25, -0.2) is 0 Å². The summed E-state index contributed by atoms with van der Waals surface area (Å²) in [6.07, 6.45) is 0. The minimum absolute atomic E-state index is 0.0759. The maximum absolute atomic E-state index is 10.6. The molecule has 1 aromatic heterocycles. The van der Waals surface area contributed by atoms with Crippen LogP contribution in [0.15, 0.2) is 164 Å². The molecule has 1 atom stereocenters. The normalized spacial score (nSPS) is 14.7. The molecule has 1 aliphatic carbocycles. The van der Waals surface area contributed by atoms with Crippen LogP contribution in [0.2, 0.25) is 0 Å². The zero-order chi connectivity index (χ0) is 33.1. The molecule has 2 heteroatoms. The topological polar surface area (TPSA) is 28.7 Å². The van der Waals surface area contributed by atoms with Crippen molar-refractivity contribution < 1.29 is 0 Å². The van der Waals surface area contributed by atoms with E-state index in [0.717, 1.165) is 33.4 Å². The lowest BCUT2D eigenvalue weighted by molar-refractivity contribution is 0.598. The lowest BCUT2D eigenvalue weighted by Gasteiger charge is -2.41. The van der Waals surface area contributed by atoms with E-state index in [4.69, 9.17) is 0 Å². The van der Waals surface area contributed by atoms with Gasteiger partial charge in [-0.1, -0.05) is 159 Å². The summed E-state index contributed by atoms with van der Waals surface area (Å²) >= 11 is 0. The van der Waals surface area contributed by atoms with Gasteiger partial charge in [0.2, 0.25) is 0 Å². The number of aromatic nitrogens is 1. The highest BCUT2D eigenvalue weighted by Gasteiger charge is 2.39. The Bertz CT molecular complexity index is 2540. The fourth-order valence-corrected chi connectivity index (χ4v) is 8.47. The van der Waals surface area contributed by atoms with Crippen molar-refractivity contribution in [2.24, 2.45) is 0 Å². The molecule has 0 amide bonds. The molecule has 9 rings (SSSR count). The molecule has 0 bridgehead atoms. The molecule has 49 heavy (non-hydrogen) atoms. The molecule has 1 aliphatic rings. The first-order valence-corrected chi connectivity index (χ1v) is 17.0. The summed E-state index contributed by atoms with van der Waals surface area (Å²) in [4.78, 5) is 0. The van der Waals surface area contributed by atoms with E-state index in [9.17, 15) is 5.26 Å². The highest BCUT2D eigenvalue weighted by atomic mass is 15.0. The van der Waals surface area contributed by atoms with Crippen LogP contribution >= 0.6 is 0 Å². The third kappa shape index (κ3) is 4.33. The fraction of sp³-hybridized carbons (Fsp3) is 0.0851. The number of benzene rings is 7. The minimum atomic E-state index is -0.184. The van der Waals surface area contributed by atoms with Gasteiger partial charge in [0.15, 0.2) is 0 Å². The first kappa shape index (κ1) is 29.0. The van der Waals surface area contributed by atoms with Gasteiger partial charge in [0.1, 0.15) is 6.07 Å². The molecular weight excluding hydrogens is 593 g/mol. The Morgan fingerprint density at radius 2 is 1.04 bits per heavy atom. The summed E-state index contributed by atoms with van der Waals surface area (Å²) < 4.78 is 2.29. The SMILES string of the molecule is CC1(C)c2ccccc2C(c2ccccc2)c2c(-c3ccccc3-c3cccc(C#N)c3-n3c4ccccc4c4ccccc43)cccc21. The van der Waals surface area contributed by atoms with Crippen molar-refractivity contribution >= 4 is 21.8 Å². The number of fused-ring (bicyclic) bond motifs is 5. The third-order valence-corrected chi connectivity index (χ3v) is 10.6.